The van der Waals surface area contributed by atoms with Crippen molar-refractivity contribution in [2.75, 3.05) is 44.0 Å². The van der Waals surface area contributed by atoms with E-state index >= 15 is 0 Å². The van der Waals surface area contributed by atoms with Crippen LogP contribution in [0.2, 0.25) is 0 Å². The number of hydrogen-bond acceptors (Lipinski definition) is 11. The molecule has 61 heavy (non-hydrogen) atoms. The van der Waals surface area contributed by atoms with Gasteiger partial charge in [-0.25, -0.2) is 9.97 Å². The Morgan fingerprint density at radius 2 is 1.49 bits per heavy atom. The number of primary amides is 2. The van der Waals surface area contributed by atoms with E-state index in [2.05, 4.69) is 15.5 Å². The summed E-state index contributed by atoms with van der Waals surface area (Å²) in [5.41, 5.74) is 16.1. The number of aryl methyl sites for hydroxylation is 4. The van der Waals surface area contributed by atoms with Gasteiger partial charge in [-0.3, -0.25) is 39.4 Å². The Hall–Kier alpha value is -6.93. The van der Waals surface area contributed by atoms with Crippen molar-refractivity contribution >= 4 is 57.6 Å². The molecule has 0 saturated carbocycles. The predicted molar refractivity (Wildman–Crippen MR) is 222 cm³/mol. The Balaban J connectivity index is 1.27. The molecule has 6 aromatic rings. The van der Waals surface area contributed by atoms with Gasteiger partial charge >= 0.3 is 11.7 Å². The second-order valence-electron chi connectivity index (χ2n) is 15.8. The summed E-state index contributed by atoms with van der Waals surface area (Å²) in [6.07, 6.45) is 4.83. The number of aromatic nitrogens is 9. The number of nitrogens with one attached hydrogen (secondary N) is 2. The molecule has 0 atom stereocenters. The molecule has 3 aliphatic rings. The maximum absolute atomic E-state index is 14.8. The number of carbonyl (C=O) groups excluding carboxylic acids is 4. The van der Waals surface area contributed by atoms with Crippen molar-refractivity contribution in [3.8, 4) is 11.4 Å². The number of likely N-dealkylation sites (tertiary alicyclic amines) is 1. The molecular weight excluding hydrogens is 785 g/mol. The normalized spacial score (nSPS) is 17.1. The van der Waals surface area contributed by atoms with Crippen LogP contribution in [0.5, 0.6) is 5.75 Å². The van der Waals surface area contributed by atoms with Gasteiger partial charge in [0, 0.05) is 61.3 Å². The lowest BCUT2D eigenvalue weighted by atomic mass is 9.85. The van der Waals surface area contributed by atoms with E-state index in [1.165, 1.54) is 13.2 Å². The second kappa shape index (κ2) is 15.0. The number of anilines is 2. The molecule has 6 N–H and O–H groups in total. The van der Waals surface area contributed by atoms with Gasteiger partial charge in [-0.1, -0.05) is 12.2 Å². The Labute approximate surface area is 349 Å². The SMILES string of the molecule is CCn1nc(C)c2c1C(=O)Nc1nc3cc(C(N)=O)cc(CN4CCC5(COC5)C4)c3n1C/C=C/Cn1c(nc3cc(C(N)=O)cc(OC)c31)NC(=O)c1n(CC)nc(C)[n+]1-2. The quantitative estimate of drug-likeness (QED) is 0.134. The lowest BCUT2D eigenvalue weighted by molar-refractivity contribution is -0.606. The molecule has 0 aliphatic carbocycles. The van der Waals surface area contributed by atoms with E-state index < -0.39 is 23.6 Å². The van der Waals surface area contributed by atoms with E-state index in [0.717, 1.165) is 43.8 Å². The topological polar surface area (TPSA) is 241 Å². The van der Waals surface area contributed by atoms with Crippen LogP contribution in [0.25, 0.3) is 27.8 Å². The highest BCUT2D eigenvalue weighted by atomic mass is 16.5. The van der Waals surface area contributed by atoms with Crippen molar-refractivity contribution in [3.63, 3.8) is 0 Å². The summed E-state index contributed by atoms with van der Waals surface area (Å²) in [7, 11) is 1.48. The summed E-state index contributed by atoms with van der Waals surface area (Å²) in [4.78, 5) is 66.6. The molecule has 0 unspecified atom stereocenters. The number of carbonyl (C=O) groups is 4. The molecule has 0 radical (unpaired) electrons. The van der Waals surface area contributed by atoms with Gasteiger partial charge in [0.05, 0.1) is 42.6 Å². The van der Waals surface area contributed by atoms with Crippen molar-refractivity contribution in [2.45, 2.75) is 66.8 Å². The summed E-state index contributed by atoms with van der Waals surface area (Å²) in [5.74, 6) is -1.06. The third kappa shape index (κ3) is 6.58. The summed E-state index contributed by atoms with van der Waals surface area (Å²) in [6, 6.07) is 6.55. The van der Waals surface area contributed by atoms with Crippen LogP contribution in [0.15, 0.2) is 36.4 Å². The van der Waals surface area contributed by atoms with Crippen LogP contribution in [-0.4, -0.2) is 101 Å². The van der Waals surface area contributed by atoms with Gasteiger partial charge in [-0.2, -0.15) is 9.67 Å². The first-order chi connectivity index (χ1) is 29.3. The zero-order chi connectivity index (χ0) is 42.9. The van der Waals surface area contributed by atoms with E-state index in [0.29, 0.717) is 64.7 Å². The van der Waals surface area contributed by atoms with Crippen LogP contribution in [0.3, 0.4) is 0 Å². The fourth-order valence-corrected chi connectivity index (χ4v) is 8.94. The van der Waals surface area contributed by atoms with Crippen LogP contribution in [-0.2, 0) is 37.5 Å². The van der Waals surface area contributed by atoms with Gasteiger partial charge in [0.15, 0.2) is 11.4 Å². The van der Waals surface area contributed by atoms with Crippen molar-refractivity contribution in [3.05, 3.63) is 76.1 Å². The Morgan fingerprint density at radius 3 is 2.08 bits per heavy atom. The van der Waals surface area contributed by atoms with Gasteiger partial charge < -0.3 is 30.1 Å². The second-order valence-corrected chi connectivity index (χ2v) is 15.8. The molecule has 316 valence electrons. The number of nitrogens with zero attached hydrogens (tertiary/aromatic N) is 10. The largest absolute Gasteiger partial charge is 0.494 e. The number of hydrogen-bond donors (Lipinski definition) is 4. The van der Waals surface area contributed by atoms with Crippen molar-refractivity contribution in [2.24, 2.45) is 16.9 Å². The Kier molecular flexibility index (Phi) is 9.69. The number of rotatable bonds is 7. The van der Waals surface area contributed by atoms with Crippen LogP contribution in [0.1, 0.15) is 79.2 Å². The highest BCUT2D eigenvalue weighted by Gasteiger charge is 2.44. The van der Waals surface area contributed by atoms with Crippen molar-refractivity contribution < 1.29 is 33.2 Å². The highest BCUT2D eigenvalue weighted by Crippen LogP contribution is 2.39. The number of nitrogens with two attached hydrogens (primary N) is 2. The number of benzene rings is 2. The third-order valence-corrected chi connectivity index (χ3v) is 11.8. The fourth-order valence-electron chi connectivity index (χ4n) is 8.94. The Bertz CT molecular complexity index is 2860. The molecule has 2 aromatic carbocycles. The molecule has 4 aromatic heterocycles. The van der Waals surface area contributed by atoms with Gasteiger partial charge in [-0.05, 0) is 63.6 Å². The zero-order valence-corrected chi connectivity index (χ0v) is 34.6. The van der Waals surface area contributed by atoms with Crippen molar-refractivity contribution in [1.29, 1.82) is 0 Å². The van der Waals surface area contributed by atoms with Gasteiger partial charge in [-0.15, -0.1) is 4.68 Å². The molecular formula is C41H47N14O6+. The van der Waals surface area contributed by atoms with E-state index in [-0.39, 0.29) is 47.5 Å². The zero-order valence-electron chi connectivity index (χ0n) is 34.6. The number of ether oxygens (including phenoxy) is 2. The fraction of sp³-hybridized carbons (Fsp3) is 0.390. The van der Waals surface area contributed by atoms with Crippen LogP contribution in [0.4, 0.5) is 11.9 Å². The minimum atomic E-state index is -0.664. The van der Waals surface area contributed by atoms with E-state index in [1.807, 2.05) is 36.6 Å². The lowest BCUT2D eigenvalue weighted by Crippen LogP contribution is -2.44. The predicted octanol–water partition coefficient (Wildman–Crippen LogP) is 2.22. The van der Waals surface area contributed by atoms with Crippen LogP contribution < -0.4 is 31.4 Å². The van der Waals surface area contributed by atoms with Gasteiger partial charge in [0.25, 0.3) is 11.7 Å². The average molecular weight is 832 g/mol. The van der Waals surface area contributed by atoms with E-state index in [1.54, 1.807) is 44.5 Å². The summed E-state index contributed by atoms with van der Waals surface area (Å²) in [6.45, 7) is 12.0. The molecule has 7 heterocycles. The van der Waals surface area contributed by atoms with E-state index in [9.17, 15) is 19.2 Å². The molecule has 0 bridgehead atoms. The van der Waals surface area contributed by atoms with E-state index in [4.69, 9.17) is 41.1 Å². The summed E-state index contributed by atoms with van der Waals surface area (Å²) < 4.78 is 19.8. The molecule has 2 saturated heterocycles. The number of fused-ring (bicyclic) bond motifs is 9. The molecule has 20 heteroatoms. The number of methoxy groups -OCH3 is 1. The third-order valence-electron chi connectivity index (χ3n) is 11.8. The summed E-state index contributed by atoms with van der Waals surface area (Å²) >= 11 is 0. The van der Waals surface area contributed by atoms with Crippen LogP contribution >= 0.6 is 0 Å². The molecule has 4 amide bonds. The molecule has 20 nitrogen and oxygen atoms in total. The maximum Gasteiger partial charge on any atom is 0.331 e. The van der Waals surface area contributed by atoms with Crippen molar-refractivity contribution in [1.82, 2.24) is 43.6 Å². The standard InChI is InChI=1S/C41H46N14O6/c1-6-53-33-30(22(3)48-53)55-23(4)49-54(7-2)38(55)37(59)47-40-45-28-16-25(35(43)57)17-29(60-5)32(28)52(40)12-9-8-11-51-31-26(18-50-13-10-41(19-50)20-61-21-41)14-24(34(42)56)15-27(31)44-39(51)46-36(33)58/h8-9,14-17H,6-7,10-13,18-21H2,1-5H3,(H5-,42,43,44,45,46,47,56,57,58,59)/p+1/b9-8+. The minimum Gasteiger partial charge on any atom is -0.494 e. The number of imidazole rings is 2. The van der Waals surface area contributed by atoms with Gasteiger partial charge in [0.2, 0.25) is 23.7 Å². The first kappa shape index (κ1) is 39.5. The smallest absolute Gasteiger partial charge is 0.331 e. The first-order valence-electron chi connectivity index (χ1n) is 20.2. The summed E-state index contributed by atoms with van der Waals surface area (Å²) in [5, 5.41) is 15.5. The maximum atomic E-state index is 14.8. The van der Waals surface area contributed by atoms with Crippen LogP contribution in [0, 0.1) is 19.3 Å². The monoisotopic (exact) mass is 831 g/mol. The molecule has 3 aliphatic heterocycles. The number of allylic oxidation sites excluding steroid dienone is 2. The molecule has 1 spiro atoms. The first-order valence-corrected chi connectivity index (χ1v) is 20.2. The molecule has 9 rings (SSSR count). The Morgan fingerprint density at radius 1 is 0.869 bits per heavy atom. The minimum absolute atomic E-state index is 0.117. The van der Waals surface area contributed by atoms with Gasteiger partial charge in [0.1, 0.15) is 17.8 Å². The lowest BCUT2D eigenvalue weighted by Gasteiger charge is -2.37. The molecule has 2 fully saturated rings. The average Bonchev–Trinajstić information content (AvgIpc) is 4.03. The number of amides is 4. The highest BCUT2D eigenvalue weighted by molar-refractivity contribution is 6.06.